The lowest BCUT2D eigenvalue weighted by Gasteiger charge is -2.20. The normalized spacial score (nSPS) is 13.0. The van der Waals surface area contributed by atoms with E-state index in [4.69, 9.17) is 11.6 Å². The first-order valence-electron chi connectivity index (χ1n) is 10.6. The number of nitrogens with zero attached hydrogens (tertiary/aromatic N) is 1. The molecule has 0 fully saturated rings. The Labute approximate surface area is 206 Å². The van der Waals surface area contributed by atoms with Crippen LogP contribution in [0.1, 0.15) is 41.2 Å². The van der Waals surface area contributed by atoms with Gasteiger partial charge in [0.1, 0.15) is 0 Å². The molecular weight excluding hydrogens is 505 g/mol. The molecule has 1 aromatic heterocycles. The summed E-state index contributed by atoms with van der Waals surface area (Å²) in [5, 5.41) is 12.6. The second-order valence-electron chi connectivity index (χ2n) is 8.15. The van der Waals surface area contributed by atoms with E-state index in [1.807, 2.05) is 0 Å². The van der Waals surface area contributed by atoms with Crippen LogP contribution in [0, 0.1) is 0 Å². The molecule has 2 N–H and O–H groups in total. The van der Waals surface area contributed by atoms with Crippen LogP contribution >= 0.6 is 11.6 Å². The molecule has 0 aliphatic heterocycles. The van der Waals surface area contributed by atoms with Gasteiger partial charge in [-0.3, -0.25) is 4.79 Å². The van der Waals surface area contributed by atoms with Crippen molar-refractivity contribution in [1.82, 2.24) is 4.57 Å². The molecule has 3 rings (SSSR count). The molecule has 1 amide bonds. The maximum atomic E-state index is 13.9. The first-order valence-corrected chi connectivity index (χ1v) is 12.9. The number of alkyl halides is 3. The Hall–Kier alpha value is -2.82. The molecular formula is C24H24ClF3N2O4S. The molecule has 0 saturated heterocycles. The molecule has 0 saturated carbocycles. The Balaban J connectivity index is 2.12. The van der Waals surface area contributed by atoms with Crippen molar-refractivity contribution >= 4 is 33.0 Å². The number of rotatable bonds is 7. The summed E-state index contributed by atoms with van der Waals surface area (Å²) in [6.45, 7) is 3.21. The van der Waals surface area contributed by atoms with Gasteiger partial charge in [0.05, 0.1) is 27.8 Å². The van der Waals surface area contributed by atoms with Gasteiger partial charge in [0.2, 0.25) is 0 Å². The average Bonchev–Trinajstić information content (AvgIpc) is 3.10. The number of anilines is 1. The van der Waals surface area contributed by atoms with E-state index in [9.17, 15) is 31.5 Å². The van der Waals surface area contributed by atoms with Crippen LogP contribution in [0.5, 0.6) is 0 Å². The molecule has 188 valence electrons. The number of nitrogens with one attached hydrogen (secondary N) is 1. The molecule has 35 heavy (non-hydrogen) atoms. The van der Waals surface area contributed by atoms with Crippen molar-refractivity contribution in [2.45, 2.75) is 43.9 Å². The second kappa shape index (κ2) is 10.0. The Morgan fingerprint density at radius 3 is 2.29 bits per heavy atom. The number of aliphatic hydroxyl groups excluding tert-OH is 1. The third kappa shape index (κ3) is 6.06. The lowest BCUT2D eigenvalue weighted by molar-refractivity contribution is -0.137. The first kappa shape index (κ1) is 26.8. The molecule has 2 aromatic carbocycles. The predicted molar refractivity (Wildman–Crippen MR) is 128 cm³/mol. The lowest BCUT2D eigenvalue weighted by Crippen LogP contribution is -2.17. The Morgan fingerprint density at radius 1 is 1.14 bits per heavy atom. The molecule has 0 radical (unpaired) electrons. The fraction of sp³-hybridized carbons (Fsp3) is 0.292. The summed E-state index contributed by atoms with van der Waals surface area (Å²) in [5.41, 5.74) is -0.0763. The maximum Gasteiger partial charge on any atom is 0.418 e. The van der Waals surface area contributed by atoms with Gasteiger partial charge in [-0.15, -0.1) is 0 Å². The minimum absolute atomic E-state index is 0.00323. The van der Waals surface area contributed by atoms with E-state index in [0.717, 1.165) is 12.3 Å². The van der Waals surface area contributed by atoms with Crippen LogP contribution in [0.3, 0.4) is 0 Å². The van der Waals surface area contributed by atoms with Crippen LogP contribution in [-0.2, 0) is 28.9 Å². The van der Waals surface area contributed by atoms with Crippen LogP contribution in [0.25, 0.3) is 5.69 Å². The minimum Gasteiger partial charge on any atom is -0.393 e. The number of sulfone groups is 1. The molecule has 0 spiro atoms. The number of aliphatic hydroxyl groups is 1. The number of amides is 1. The zero-order chi connectivity index (χ0) is 26.1. The molecule has 0 aliphatic rings. The van der Waals surface area contributed by atoms with E-state index >= 15 is 0 Å². The van der Waals surface area contributed by atoms with Crippen molar-refractivity contribution in [3.63, 3.8) is 0 Å². The second-order valence-corrected chi connectivity index (χ2v) is 10.6. The highest BCUT2D eigenvalue weighted by Crippen LogP contribution is 2.38. The van der Waals surface area contributed by atoms with Gasteiger partial charge in [-0.1, -0.05) is 18.5 Å². The van der Waals surface area contributed by atoms with Crippen LogP contribution in [0.15, 0.2) is 53.4 Å². The number of carbonyl (C=O) groups is 1. The fourth-order valence-electron chi connectivity index (χ4n) is 3.82. The van der Waals surface area contributed by atoms with Crippen molar-refractivity contribution in [1.29, 1.82) is 0 Å². The topological polar surface area (TPSA) is 88.4 Å². The third-order valence-electron chi connectivity index (χ3n) is 5.31. The van der Waals surface area contributed by atoms with Crippen molar-refractivity contribution in [2.24, 2.45) is 0 Å². The Bertz CT molecular complexity index is 1350. The molecule has 11 heteroatoms. The average molecular weight is 529 g/mol. The van der Waals surface area contributed by atoms with Gasteiger partial charge in [0.25, 0.3) is 5.91 Å². The SMILES string of the molecule is CCc1c(C(=O)Nc2ccc(S(C)(=O)=O)cc2)cc(CC(C)O)n1-c1ccc(Cl)cc1C(F)(F)F. The Morgan fingerprint density at radius 2 is 1.77 bits per heavy atom. The Kier molecular flexibility index (Phi) is 7.68. The summed E-state index contributed by atoms with van der Waals surface area (Å²) < 4.78 is 66.3. The predicted octanol–water partition coefficient (Wildman–Crippen LogP) is 5.29. The summed E-state index contributed by atoms with van der Waals surface area (Å²) in [6.07, 6.45) is -4.30. The van der Waals surface area contributed by atoms with E-state index in [2.05, 4.69) is 5.32 Å². The number of hydrogen-bond donors (Lipinski definition) is 2. The van der Waals surface area contributed by atoms with E-state index in [0.29, 0.717) is 17.1 Å². The zero-order valence-corrected chi connectivity index (χ0v) is 20.7. The summed E-state index contributed by atoms with van der Waals surface area (Å²) in [7, 11) is -3.42. The van der Waals surface area contributed by atoms with Crippen molar-refractivity contribution < 1.29 is 31.5 Å². The molecule has 0 aliphatic carbocycles. The molecule has 3 aromatic rings. The number of halogens is 4. The summed E-state index contributed by atoms with van der Waals surface area (Å²) >= 11 is 5.84. The van der Waals surface area contributed by atoms with Gasteiger partial charge in [0.15, 0.2) is 9.84 Å². The minimum atomic E-state index is -4.71. The summed E-state index contributed by atoms with van der Waals surface area (Å²) in [4.78, 5) is 13.2. The molecule has 1 unspecified atom stereocenters. The van der Waals surface area contributed by atoms with Gasteiger partial charge in [-0.25, -0.2) is 8.42 Å². The van der Waals surface area contributed by atoms with Crippen molar-refractivity contribution in [3.8, 4) is 5.69 Å². The van der Waals surface area contributed by atoms with Gasteiger partial charge >= 0.3 is 6.18 Å². The molecule has 6 nitrogen and oxygen atoms in total. The zero-order valence-electron chi connectivity index (χ0n) is 19.1. The van der Waals surface area contributed by atoms with E-state index in [1.165, 1.54) is 54.0 Å². The number of benzene rings is 2. The van der Waals surface area contributed by atoms with Crippen LogP contribution < -0.4 is 5.32 Å². The van der Waals surface area contributed by atoms with Crippen molar-refractivity contribution in [2.75, 3.05) is 11.6 Å². The third-order valence-corrected chi connectivity index (χ3v) is 6.67. The van der Waals surface area contributed by atoms with Gasteiger partial charge in [-0.2, -0.15) is 13.2 Å². The van der Waals surface area contributed by atoms with Gasteiger partial charge in [0, 0.05) is 34.8 Å². The van der Waals surface area contributed by atoms with E-state index in [-0.39, 0.29) is 34.0 Å². The maximum absolute atomic E-state index is 13.9. The van der Waals surface area contributed by atoms with E-state index < -0.39 is 33.6 Å². The van der Waals surface area contributed by atoms with Crippen molar-refractivity contribution in [3.05, 3.63) is 76.1 Å². The number of hydrogen-bond acceptors (Lipinski definition) is 4. The number of aromatic nitrogens is 1. The van der Waals surface area contributed by atoms with Gasteiger partial charge in [-0.05, 0) is 61.9 Å². The standard InChI is InChI=1S/C24H24ClF3N2O4S/c1-4-21-19(23(32)29-16-6-8-18(9-7-16)35(3,33)34)13-17(11-14(2)31)30(21)22-10-5-15(25)12-20(22)24(26,27)28/h5-10,12-14,31H,4,11H2,1-3H3,(H,29,32). The monoisotopic (exact) mass is 528 g/mol. The van der Waals surface area contributed by atoms with Gasteiger partial charge < -0.3 is 15.0 Å². The molecule has 0 bridgehead atoms. The smallest absolute Gasteiger partial charge is 0.393 e. The lowest BCUT2D eigenvalue weighted by atomic mass is 10.1. The first-order chi connectivity index (χ1) is 16.2. The highest BCUT2D eigenvalue weighted by atomic mass is 35.5. The van der Waals surface area contributed by atoms with Crippen LogP contribution in [0.2, 0.25) is 5.02 Å². The highest BCUT2D eigenvalue weighted by Gasteiger charge is 2.35. The van der Waals surface area contributed by atoms with Crippen LogP contribution in [-0.4, -0.2) is 36.4 Å². The molecule has 1 heterocycles. The van der Waals surface area contributed by atoms with Crippen LogP contribution in [0.4, 0.5) is 18.9 Å². The largest absolute Gasteiger partial charge is 0.418 e. The van der Waals surface area contributed by atoms with E-state index in [1.54, 1.807) is 6.92 Å². The molecule has 1 atom stereocenters. The fourth-order valence-corrected chi connectivity index (χ4v) is 4.62. The number of carbonyl (C=O) groups excluding carboxylic acids is 1. The summed E-state index contributed by atoms with van der Waals surface area (Å²) in [5.74, 6) is -0.581. The quantitative estimate of drug-likeness (QED) is 0.436. The summed E-state index contributed by atoms with van der Waals surface area (Å²) in [6, 6.07) is 10.4. The highest BCUT2D eigenvalue weighted by molar-refractivity contribution is 7.90.